The minimum atomic E-state index is -0.170. The van der Waals surface area contributed by atoms with Crippen LogP contribution in [0.1, 0.15) is 29.1 Å². The highest BCUT2D eigenvalue weighted by molar-refractivity contribution is 7.10. The molecule has 2 N–H and O–H groups in total. The van der Waals surface area contributed by atoms with Crippen molar-refractivity contribution in [2.45, 2.75) is 19.4 Å². The minimum absolute atomic E-state index is 0.170. The van der Waals surface area contributed by atoms with Gasteiger partial charge < -0.3 is 5.73 Å². The SMILES string of the molecule is CCc1nn(C)cc1C(N)c1sccc1Cl. The second-order valence-corrected chi connectivity index (χ2v) is 5.02. The van der Waals surface area contributed by atoms with Crippen LogP contribution in [0.4, 0.5) is 0 Å². The maximum atomic E-state index is 6.22. The summed E-state index contributed by atoms with van der Waals surface area (Å²) in [6, 6.07) is 1.71. The summed E-state index contributed by atoms with van der Waals surface area (Å²) >= 11 is 7.68. The van der Waals surface area contributed by atoms with E-state index in [4.69, 9.17) is 17.3 Å². The van der Waals surface area contributed by atoms with E-state index in [0.29, 0.717) is 0 Å². The first-order chi connectivity index (χ1) is 7.63. The predicted octanol–water partition coefficient (Wildman–Crippen LogP) is 2.75. The van der Waals surface area contributed by atoms with E-state index in [9.17, 15) is 0 Å². The van der Waals surface area contributed by atoms with Crippen LogP contribution >= 0.6 is 22.9 Å². The van der Waals surface area contributed by atoms with Gasteiger partial charge in [-0.3, -0.25) is 4.68 Å². The lowest BCUT2D eigenvalue weighted by molar-refractivity contribution is 0.746. The van der Waals surface area contributed by atoms with E-state index in [0.717, 1.165) is 27.6 Å². The Morgan fingerprint density at radius 1 is 1.62 bits per heavy atom. The first kappa shape index (κ1) is 11.6. The number of hydrogen-bond acceptors (Lipinski definition) is 3. The molecule has 2 rings (SSSR count). The largest absolute Gasteiger partial charge is 0.319 e. The van der Waals surface area contributed by atoms with Crippen molar-refractivity contribution in [3.8, 4) is 0 Å². The number of hydrogen-bond donors (Lipinski definition) is 1. The molecule has 86 valence electrons. The molecular weight excluding hydrogens is 242 g/mol. The van der Waals surface area contributed by atoms with Gasteiger partial charge >= 0.3 is 0 Å². The Kier molecular flexibility index (Phi) is 3.33. The Hall–Kier alpha value is -0.840. The third kappa shape index (κ3) is 2.00. The molecule has 0 aliphatic carbocycles. The predicted molar refractivity (Wildman–Crippen MR) is 67.9 cm³/mol. The summed E-state index contributed by atoms with van der Waals surface area (Å²) in [5.41, 5.74) is 8.33. The van der Waals surface area contributed by atoms with E-state index in [1.807, 2.05) is 24.7 Å². The van der Waals surface area contributed by atoms with Crippen molar-refractivity contribution in [2.24, 2.45) is 12.8 Å². The van der Waals surface area contributed by atoms with Crippen molar-refractivity contribution in [1.82, 2.24) is 9.78 Å². The molecular formula is C11H14ClN3S. The fourth-order valence-electron chi connectivity index (χ4n) is 1.76. The van der Waals surface area contributed by atoms with Crippen LogP contribution in [-0.2, 0) is 13.5 Å². The zero-order valence-electron chi connectivity index (χ0n) is 9.27. The molecule has 0 amide bonds. The maximum absolute atomic E-state index is 6.22. The highest BCUT2D eigenvalue weighted by Gasteiger charge is 2.18. The van der Waals surface area contributed by atoms with Crippen LogP contribution in [-0.4, -0.2) is 9.78 Å². The molecule has 0 saturated heterocycles. The molecule has 2 heterocycles. The smallest absolute Gasteiger partial charge is 0.0694 e. The van der Waals surface area contributed by atoms with Gasteiger partial charge in [0.15, 0.2) is 0 Å². The molecule has 0 spiro atoms. The van der Waals surface area contributed by atoms with Gasteiger partial charge in [-0.15, -0.1) is 11.3 Å². The number of aromatic nitrogens is 2. The molecule has 3 nitrogen and oxygen atoms in total. The Labute approximate surface area is 104 Å². The minimum Gasteiger partial charge on any atom is -0.319 e. The van der Waals surface area contributed by atoms with Gasteiger partial charge in [-0.05, 0) is 17.9 Å². The van der Waals surface area contributed by atoms with Crippen LogP contribution < -0.4 is 5.73 Å². The fraction of sp³-hybridized carbons (Fsp3) is 0.364. The number of thiophene rings is 1. The van der Waals surface area contributed by atoms with E-state index < -0.39 is 0 Å². The van der Waals surface area contributed by atoms with E-state index >= 15 is 0 Å². The van der Waals surface area contributed by atoms with Crippen LogP contribution in [0.3, 0.4) is 0 Å². The van der Waals surface area contributed by atoms with Crippen molar-refractivity contribution >= 4 is 22.9 Å². The van der Waals surface area contributed by atoms with Crippen molar-refractivity contribution < 1.29 is 0 Å². The van der Waals surface area contributed by atoms with Crippen molar-refractivity contribution in [2.75, 3.05) is 0 Å². The molecule has 16 heavy (non-hydrogen) atoms. The zero-order valence-corrected chi connectivity index (χ0v) is 10.8. The van der Waals surface area contributed by atoms with Crippen molar-refractivity contribution in [3.63, 3.8) is 0 Å². The molecule has 0 aliphatic heterocycles. The first-order valence-electron chi connectivity index (χ1n) is 5.14. The van der Waals surface area contributed by atoms with Gasteiger partial charge in [0.05, 0.1) is 16.8 Å². The highest BCUT2D eigenvalue weighted by atomic mass is 35.5. The van der Waals surface area contributed by atoms with E-state index in [1.165, 1.54) is 0 Å². The van der Waals surface area contributed by atoms with Gasteiger partial charge in [0.25, 0.3) is 0 Å². The van der Waals surface area contributed by atoms with E-state index in [-0.39, 0.29) is 6.04 Å². The molecule has 0 bridgehead atoms. The van der Waals surface area contributed by atoms with Gasteiger partial charge in [0.1, 0.15) is 0 Å². The lowest BCUT2D eigenvalue weighted by atomic mass is 10.1. The molecule has 2 aromatic heterocycles. The fourth-order valence-corrected chi connectivity index (χ4v) is 2.95. The second-order valence-electron chi connectivity index (χ2n) is 3.67. The summed E-state index contributed by atoms with van der Waals surface area (Å²) in [6.07, 6.45) is 2.85. The van der Waals surface area contributed by atoms with Gasteiger partial charge in [-0.2, -0.15) is 5.10 Å². The first-order valence-corrected chi connectivity index (χ1v) is 6.40. The van der Waals surface area contributed by atoms with Crippen LogP contribution in [0, 0.1) is 0 Å². The number of halogens is 1. The van der Waals surface area contributed by atoms with Gasteiger partial charge in [-0.25, -0.2) is 0 Å². The molecule has 2 aromatic rings. The average Bonchev–Trinajstić information content (AvgIpc) is 2.83. The Bertz CT molecular complexity index is 489. The van der Waals surface area contributed by atoms with Crippen LogP contribution in [0.25, 0.3) is 0 Å². The Morgan fingerprint density at radius 2 is 2.38 bits per heavy atom. The monoisotopic (exact) mass is 255 g/mol. The Morgan fingerprint density at radius 3 is 2.94 bits per heavy atom. The molecule has 0 radical (unpaired) electrons. The zero-order chi connectivity index (χ0) is 11.7. The summed E-state index contributed by atoms with van der Waals surface area (Å²) in [5, 5.41) is 7.09. The highest BCUT2D eigenvalue weighted by Crippen LogP contribution is 2.32. The van der Waals surface area contributed by atoms with Crippen LogP contribution in [0.15, 0.2) is 17.6 Å². The summed E-state index contributed by atoms with van der Waals surface area (Å²) in [7, 11) is 1.91. The number of nitrogens with two attached hydrogens (primary N) is 1. The standard InChI is InChI=1S/C11H14ClN3S/c1-3-9-7(6-15(2)14-9)10(13)11-8(12)4-5-16-11/h4-6,10H,3,13H2,1-2H3. The topological polar surface area (TPSA) is 43.8 Å². The van der Waals surface area contributed by atoms with E-state index in [2.05, 4.69) is 12.0 Å². The molecule has 5 heteroatoms. The molecule has 0 aliphatic rings. The van der Waals surface area contributed by atoms with Gasteiger partial charge in [0, 0.05) is 23.7 Å². The number of rotatable bonds is 3. The van der Waals surface area contributed by atoms with Crippen LogP contribution in [0.2, 0.25) is 5.02 Å². The summed E-state index contributed by atoms with van der Waals surface area (Å²) < 4.78 is 1.80. The third-order valence-corrected chi connectivity index (χ3v) is 3.98. The third-order valence-electron chi connectivity index (χ3n) is 2.53. The second kappa shape index (κ2) is 4.57. The molecule has 1 atom stereocenters. The number of aryl methyl sites for hydroxylation is 2. The molecule has 0 aromatic carbocycles. The normalized spacial score (nSPS) is 13.0. The Balaban J connectivity index is 2.40. The maximum Gasteiger partial charge on any atom is 0.0694 e. The van der Waals surface area contributed by atoms with Gasteiger partial charge in [0.2, 0.25) is 0 Å². The van der Waals surface area contributed by atoms with Gasteiger partial charge in [-0.1, -0.05) is 18.5 Å². The average molecular weight is 256 g/mol. The van der Waals surface area contributed by atoms with Crippen LogP contribution in [0.5, 0.6) is 0 Å². The molecule has 1 unspecified atom stereocenters. The quantitative estimate of drug-likeness (QED) is 0.917. The lowest BCUT2D eigenvalue weighted by Crippen LogP contribution is -2.11. The van der Waals surface area contributed by atoms with E-state index in [1.54, 1.807) is 16.0 Å². The number of nitrogens with zero attached hydrogens (tertiary/aromatic N) is 2. The summed E-state index contributed by atoms with van der Waals surface area (Å²) in [6.45, 7) is 2.08. The molecule has 0 saturated carbocycles. The summed E-state index contributed by atoms with van der Waals surface area (Å²) in [5.74, 6) is 0. The molecule has 0 fully saturated rings. The summed E-state index contributed by atoms with van der Waals surface area (Å²) in [4.78, 5) is 1.00. The lowest BCUT2D eigenvalue weighted by Gasteiger charge is -2.09. The van der Waals surface area contributed by atoms with Crippen molar-refractivity contribution in [1.29, 1.82) is 0 Å². The van der Waals surface area contributed by atoms with Crippen molar-refractivity contribution in [3.05, 3.63) is 38.8 Å².